The van der Waals surface area contributed by atoms with Crippen LogP contribution >= 0.6 is 0 Å². The summed E-state index contributed by atoms with van der Waals surface area (Å²) >= 11 is 0. The minimum atomic E-state index is -1.19. The lowest BCUT2D eigenvalue weighted by Crippen LogP contribution is -2.53. The lowest BCUT2D eigenvalue weighted by Gasteiger charge is -2.20. The number of carbonyl (C=O) groups excluding carboxylic acids is 3. The van der Waals surface area contributed by atoms with Crippen molar-refractivity contribution in [3.8, 4) is 0 Å². The zero-order chi connectivity index (χ0) is 22.6. The van der Waals surface area contributed by atoms with Crippen LogP contribution in [0.5, 0.6) is 0 Å². The molecule has 0 heterocycles. The first kappa shape index (κ1) is 23.4. The molecule has 0 bridgehead atoms. The number of rotatable bonds is 10. The fourth-order valence-corrected chi connectivity index (χ4v) is 2.61. The summed E-state index contributed by atoms with van der Waals surface area (Å²) in [7, 11) is 0. The standard InChI is InChI=1S/C22H25N3O6/c1-15(21(28)29)24-20(27)18(12-16-8-4-2-5-9-16)25-19(26)13-23-22(30)31-14-17-10-6-3-7-11-17/h2-11,15,18H,12-14H2,1H3,(H,23,30)(H,24,27)(H,25,26)(H,28,29)/t15-,18-/m0/s1. The Kier molecular flexibility index (Phi) is 9.03. The Hall–Kier alpha value is -3.88. The van der Waals surface area contributed by atoms with Gasteiger partial charge in [-0.25, -0.2) is 4.79 Å². The molecule has 2 rings (SSSR count). The van der Waals surface area contributed by atoms with E-state index in [1.165, 1.54) is 6.92 Å². The first-order valence-corrected chi connectivity index (χ1v) is 9.66. The lowest BCUT2D eigenvalue weighted by molar-refractivity contribution is -0.141. The van der Waals surface area contributed by atoms with Crippen LogP contribution in [0.15, 0.2) is 60.7 Å². The highest BCUT2D eigenvalue weighted by Gasteiger charge is 2.24. The summed E-state index contributed by atoms with van der Waals surface area (Å²) in [5.74, 6) is -2.45. The maximum Gasteiger partial charge on any atom is 0.407 e. The molecule has 0 unspecified atom stereocenters. The highest BCUT2D eigenvalue weighted by molar-refractivity contribution is 5.91. The van der Waals surface area contributed by atoms with Crippen molar-refractivity contribution in [2.75, 3.05) is 6.54 Å². The quantitative estimate of drug-likeness (QED) is 0.451. The van der Waals surface area contributed by atoms with Gasteiger partial charge in [0.25, 0.3) is 0 Å². The molecule has 0 aliphatic carbocycles. The molecule has 164 valence electrons. The van der Waals surface area contributed by atoms with E-state index in [1.54, 1.807) is 36.4 Å². The Morgan fingerprint density at radius 1 is 0.903 bits per heavy atom. The molecule has 9 nitrogen and oxygen atoms in total. The summed E-state index contributed by atoms with van der Waals surface area (Å²) in [6, 6.07) is 15.9. The molecule has 0 saturated heterocycles. The zero-order valence-corrected chi connectivity index (χ0v) is 17.0. The zero-order valence-electron chi connectivity index (χ0n) is 17.0. The van der Waals surface area contributed by atoms with Crippen LogP contribution in [0.2, 0.25) is 0 Å². The van der Waals surface area contributed by atoms with Crippen LogP contribution in [0.3, 0.4) is 0 Å². The predicted octanol–water partition coefficient (Wildman–Crippen LogP) is 1.23. The molecule has 31 heavy (non-hydrogen) atoms. The van der Waals surface area contributed by atoms with Crippen LogP contribution in [0, 0.1) is 0 Å². The van der Waals surface area contributed by atoms with Gasteiger partial charge >= 0.3 is 12.1 Å². The van der Waals surface area contributed by atoms with E-state index < -0.39 is 42.5 Å². The minimum absolute atomic E-state index is 0.0560. The monoisotopic (exact) mass is 427 g/mol. The molecule has 0 aliphatic rings. The van der Waals surface area contributed by atoms with Gasteiger partial charge in [-0.3, -0.25) is 14.4 Å². The van der Waals surface area contributed by atoms with E-state index in [2.05, 4.69) is 16.0 Å². The summed E-state index contributed by atoms with van der Waals surface area (Å²) in [6.07, 6.45) is -0.619. The lowest BCUT2D eigenvalue weighted by atomic mass is 10.0. The van der Waals surface area contributed by atoms with E-state index in [4.69, 9.17) is 9.84 Å². The van der Waals surface area contributed by atoms with Gasteiger partial charge in [0.05, 0.1) is 0 Å². The van der Waals surface area contributed by atoms with Crippen LogP contribution in [-0.4, -0.2) is 47.6 Å². The average Bonchev–Trinajstić information content (AvgIpc) is 2.77. The van der Waals surface area contributed by atoms with E-state index in [0.29, 0.717) is 0 Å². The number of hydrogen-bond acceptors (Lipinski definition) is 5. The molecule has 0 aromatic heterocycles. The van der Waals surface area contributed by atoms with E-state index in [1.807, 2.05) is 24.3 Å². The second kappa shape index (κ2) is 12.0. The van der Waals surface area contributed by atoms with Crippen molar-refractivity contribution in [1.82, 2.24) is 16.0 Å². The molecular formula is C22H25N3O6. The Balaban J connectivity index is 1.89. The number of alkyl carbamates (subject to hydrolysis) is 1. The SMILES string of the molecule is C[C@H](NC(=O)[C@H](Cc1ccccc1)NC(=O)CNC(=O)OCc1ccccc1)C(=O)O. The number of hydrogen-bond donors (Lipinski definition) is 4. The number of benzene rings is 2. The second-order valence-corrected chi connectivity index (χ2v) is 6.79. The molecule has 0 saturated carbocycles. The number of carboxylic acid groups (broad SMARTS) is 1. The van der Waals surface area contributed by atoms with Crippen LogP contribution in [0.25, 0.3) is 0 Å². The Labute approximate surface area is 179 Å². The Bertz CT molecular complexity index is 889. The number of ether oxygens (including phenoxy) is 1. The van der Waals surface area contributed by atoms with E-state index in [-0.39, 0.29) is 13.0 Å². The van der Waals surface area contributed by atoms with Crippen molar-refractivity contribution < 1.29 is 29.0 Å². The van der Waals surface area contributed by atoms with E-state index in [9.17, 15) is 19.2 Å². The van der Waals surface area contributed by atoms with Gasteiger partial charge in [0, 0.05) is 6.42 Å². The molecule has 0 aliphatic heterocycles. The third-order valence-corrected chi connectivity index (χ3v) is 4.27. The highest BCUT2D eigenvalue weighted by atomic mass is 16.5. The van der Waals surface area contributed by atoms with Gasteiger partial charge in [0.15, 0.2) is 0 Å². The molecule has 3 amide bonds. The Morgan fingerprint density at radius 2 is 1.48 bits per heavy atom. The minimum Gasteiger partial charge on any atom is -0.480 e. The first-order valence-electron chi connectivity index (χ1n) is 9.66. The molecule has 0 radical (unpaired) electrons. The van der Waals surface area contributed by atoms with Crippen LogP contribution in [-0.2, 0) is 32.1 Å². The topological polar surface area (TPSA) is 134 Å². The molecule has 2 aromatic rings. The number of nitrogens with one attached hydrogen (secondary N) is 3. The third-order valence-electron chi connectivity index (χ3n) is 4.27. The van der Waals surface area contributed by atoms with E-state index in [0.717, 1.165) is 11.1 Å². The largest absolute Gasteiger partial charge is 0.480 e. The predicted molar refractivity (Wildman–Crippen MR) is 112 cm³/mol. The van der Waals surface area contributed by atoms with Gasteiger partial charge in [-0.1, -0.05) is 60.7 Å². The average molecular weight is 427 g/mol. The molecular weight excluding hydrogens is 402 g/mol. The maximum absolute atomic E-state index is 12.5. The van der Waals surface area contributed by atoms with Crippen molar-refractivity contribution >= 4 is 23.9 Å². The van der Waals surface area contributed by atoms with Crippen LogP contribution in [0.1, 0.15) is 18.1 Å². The van der Waals surface area contributed by atoms with Crippen molar-refractivity contribution in [2.45, 2.75) is 32.0 Å². The summed E-state index contributed by atoms with van der Waals surface area (Å²) in [6.45, 7) is 0.979. The second-order valence-electron chi connectivity index (χ2n) is 6.79. The summed E-state index contributed by atoms with van der Waals surface area (Å²) in [5.41, 5.74) is 1.58. The van der Waals surface area contributed by atoms with Gasteiger partial charge in [0.1, 0.15) is 25.2 Å². The molecule has 0 fully saturated rings. The number of carboxylic acids is 1. The highest BCUT2D eigenvalue weighted by Crippen LogP contribution is 2.04. The van der Waals surface area contributed by atoms with Gasteiger partial charge in [-0.15, -0.1) is 0 Å². The third kappa shape index (κ3) is 8.57. The summed E-state index contributed by atoms with van der Waals surface area (Å²) in [5, 5.41) is 16.2. The first-order chi connectivity index (χ1) is 14.8. The normalized spacial score (nSPS) is 12.2. The van der Waals surface area contributed by atoms with Crippen molar-refractivity contribution in [3.05, 3.63) is 71.8 Å². The molecule has 9 heteroatoms. The number of aliphatic carboxylic acids is 1. The van der Waals surface area contributed by atoms with Gasteiger partial charge < -0.3 is 25.8 Å². The number of amides is 3. The van der Waals surface area contributed by atoms with Gasteiger partial charge in [0.2, 0.25) is 11.8 Å². The fourth-order valence-electron chi connectivity index (χ4n) is 2.61. The van der Waals surface area contributed by atoms with Crippen LogP contribution < -0.4 is 16.0 Å². The molecule has 0 spiro atoms. The van der Waals surface area contributed by atoms with Gasteiger partial charge in [-0.05, 0) is 18.1 Å². The van der Waals surface area contributed by atoms with Crippen molar-refractivity contribution in [1.29, 1.82) is 0 Å². The fraction of sp³-hybridized carbons (Fsp3) is 0.273. The number of carbonyl (C=O) groups is 4. The van der Waals surface area contributed by atoms with Crippen LogP contribution in [0.4, 0.5) is 4.79 Å². The van der Waals surface area contributed by atoms with Crippen molar-refractivity contribution in [2.24, 2.45) is 0 Å². The smallest absolute Gasteiger partial charge is 0.407 e. The molecule has 2 atom stereocenters. The Morgan fingerprint density at radius 3 is 2.06 bits per heavy atom. The summed E-state index contributed by atoms with van der Waals surface area (Å²) in [4.78, 5) is 47.6. The van der Waals surface area contributed by atoms with Crippen molar-refractivity contribution in [3.63, 3.8) is 0 Å². The summed E-state index contributed by atoms with van der Waals surface area (Å²) < 4.78 is 5.03. The van der Waals surface area contributed by atoms with E-state index >= 15 is 0 Å². The molecule has 4 N–H and O–H groups in total. The molecule has 2 aromatic carbocycles. The van der Waals surface area contributed by atoms with Gasteiger partial charge in [-0.2, -0.15) is 0 Å². The maximum atomic E-state index is 12.5.